The Morgan fingerprint density at radius 2 is 1.75 bits per heavy atom. The zero-order valence-corrected chi connectivity index (χ0v) is 11.2. The van der Waals surface area contributed by atoms with E-state index < -0.39 is 11.7 Å². The summed E-state index contributed by atoms with van der Waals surface area (Å²) in [5.41, 5.74) is 4.68. The maximum Gasteiger partial charge on any atom is 0.417 e. The van der Waals surface area contributed by atoms with E-state index in [0.717, 1.165) is 38.7 Å². The molecule has 1 saturated heterocycles. The average molecular weight is 290 g/mol. The quantitative estimate of drug-likeness (QED) is 0.864. The smallest absolute Gasteiger partial charge is 0.384 e. The normalized spacial score (nSPS) is 15.2. The fourth-order valence-electron chi connectivity index (χ4n) is 1.49. The maximum absolute atomic E-state index is 12.5. The van der Waals surface area contributed by atoms with Gasteiger partial charge in [-0.1, -0.05) is 6.58 Å². The molecule has 0 spiro atoms. The van der Waals surface area contributed by atoms with Crippen LogP contribution in [0.1, 0.15) is 18.1 Å². The first kappa shape index (κ1) is 16.5. The first-order chi connectivity index (χ1) is 9.32. The number of hydrogen-bond acceptors (Lipinski definition) is 4. The number of halogens is 3. The second-order valence-corrected chi connectivity index (χ2v) is 4.16. The lowest BCUT2D eigenvalue weighted by Gasteiger charge is -2.12. The zero-order chi connectivity index (χ0) is 15.2. The summed E-state index contributed by atoms with van der Waals surface area (Å²) >= 11 is 0. The van der Waals surface area contributed by atoms with Crippen molar-refractivity contribution in [3.05, 3.63) is 30.0 Å². The van der Waals surface area contributed by atoms with E-state index >= 15 is 0 Å². The highest BCUT2D eigenvalue weighted by Gasteiger charge is 2.33. The molecule has 112 valence electrons. The molecule has 0 aliphatic carbocycles. The lowest BCUT2D eigenvalue weighted by atomic mass is 10.0. The minimum absolute atomic E-state index is 0.0216. The molecule has 1 aliphatic heterocycles. The molecule has 0 atom stereocenters. The van der Waals surface area contributed by atoms with Crippen LogP contribution in [0, 0.1) is 0 Å². The van der Waals surface area contributed by atoms with E-state index in [1.54, 1.807) is 0 Å². The molecule has 4 nitrogen and oxygen atoms in total. The van der Waals surface area contributed by atoms with Crippen molar-refractivity contribution < 1.29 is 22.6 Å². The Kier molecular flexibility index (Phi) is 5.97. The van der Waals surface area contributed by atoms with Gasteiger partial charge in [-0.05, 0) is 18.6 Å². The Labute approximate surface area is 115 Å². The van der Waals surface area contributed by atoms with Gasteiger partial charge >= 0.3 is 6.18 Å². The number of allylic oxidation sites excluding steroid dienone is 1. The third-order valence-electron chi connectivity index (χ3n) is 2.43. The van der Waals surface area contributed by atoms with Gasteiger partial charge in [0, 0.05) is 11.8 Å². The molecular formula is C13H17F3N2O2. The minimum atomic E-state index is -4.43. The van der Waals surface area contributed by atoms with Crippen LogP contribution < -0.4 is 5.73 Å². The maximum atomic E-state index is 12.5. The number of nitrogens with two attached hydrogens (primary N) is 1. The Hall–Kier alpha value is -1.60. The lowest BCUT2D eigenvalue weighted by molar-refractivity contribution is -0.137. The van der Waals surface area contributed by atoms with Crippen molar-refractivity contribution in [2.24, 2.45) is 0 Å². The van der Waals surface area contributed by atoms with E-state index in [-0.39, 0.29) is 11.4 Å². The topological polar surface area (TPSA) is 57.4 Å². The van der Waals surface area contributed by atoms with E-state index in [4.69, 9.17) is 15.2 Å². The fourth-order valence-corrected chi connectivity index (χ4v) is 1.49. The van der Waals surface area contributed by atoms with Gasteiger partial charge in [-0.25, -0.2) is 4.98 Å². The van der Waals surface area contributed by atoms with Gasteiger partial charge in [-0.3, -0.25) is 0 Å². The molecule has 0 amide bonds. The molecule has 1 fully saturated rings. The largest absolute Gasteiger partial charge is 0.417 e. The van der Waals surface area contributed by atoms with E-state index in [1.807, 2.05) is 0 Å². The van der Waals surface area contributed by atoms with E-state index in [0.29, 0.717) is 5.57 Å². The molecule has 2 heterocycles. The minimum Gasteiger partial charge on any atom is -0.384 e. The second-order valence-electron chi connectivity index (χ2n) is 4.16. The first-order valence-corrected chi connectivity index (χ1v) is 5.96. The molecule has 1 aromatic heterocycles. The van der Waals surface area contributed by atoms with Crippen LogP contribution in [-0.2, 0) is 15.7 Å². The predicted molar refractivity (Wildman–Crippen MR) is 70.0 cm³/mol. The Balaban J connectivity index is 0.000000276. The van der Waals surface area contributed by atoms with Crippen LogP contribution in [0.5, 0.6) is 0 Å². The number of rotatable bonds is 1. The number of anilines is 1. The van der Waals surface area contributed by atoms with E-state index in [2.05, 4.69) is 11.6 Å². The van der Waals surface area contributed by atoms with Gasteiger partial charge in [0.2, 0.25) is 0 Å². The summed E-state index contributed by atoms with van der Waals surface area (Å²) < 4.78 is 47.3. The van der Waals surface area contributed by atoms with Crippen molar-refractivity contribution in [3.8, 4) is 0 Å². The van der Waals surface area contributed by atoms with Gasteiger partial charge < -0.3 is 15.2 Å². The summed E-state index contributed by atoms with van der Waals surface area (Å²) in [7, 11) is 0. The molecule has 0 saturated carbocycles. The summed E-state index contributed by atoms with van der Waals surface area (Å²) in [6, 6.07) is 0.810. The molecule has 1 aromatic rings. The van der Waals surface area contributed by atoms with Crippen molar-refractivity contribution in [2.75, 3.05) is 32.2 Å². The van der Waals surface area contributed by atoms with Gasteiger partial charge in [-0.2, -0.15) is 13.2 Å². The number of hydrogen-bond donors (Lipinski definition) is 1. The third-order valence-corrected chi connectivity index (χ3v) is 2.43. The first-order valence-electron chi connectivity index (χ1n) is 5.96. The summed E-state index contributed by atoms with van der Waals surface area (Å²) in [6.45, 7) is 8.05. The highest BCUT2D eigenvalue weighted by molar-refractivity contribution is 5.65. The summed E-state index contributed by atoms with van der Waals surface area (Å²) in [6.07, 6.45) is -3.34. The SMILES string of the molecule is C1COCCO1.C=C(C)c1cnc(N)cc1C(F)(F)F. The molecule has 0 radical (unpaired) electrons. The number of pyridine rings is 1. The average Bonchev–Trinajstić information content (AvgIpc) is 2.40. The van der Waals surface area contributed by atoms with Gasteiger partial charge in [0.1, 0.15) is 5.82 Å². The summed E-state index contributed by atoms with van der Waals surface area (Å²) in [5, 5.41) is 0. The van der Waals surface area contributed by atoms with Crippen molar-refractivity contribution in [2.45, 2.75) is 13.1 Å². The van der Waals surface area contributed by atoms with Crippen LogP contribution >= 0.6 is 0 Å². The van der Waals surface area contributed by atoms with E-state index in [9.17, 15) is 13.2 Å². The highest BCUT2D eigenvalue weighted by atomic mass is 19.4. The van der Waals surface area contributed by atoms with Crippen LogP contribution in [0.4, 0.5) is 19.0 Å². The standard InChI is InChI=1S/C9H9F3N2.C4H8O2/c1-5(2)6-4-14-8(13)3-7(6)9(10,11)12;1-2-6-4-3-5-1/h3-4H,1H2,2H3,(H2,13,14);1-4H2. The number of ether oxygens (including phenoxy) is 2. The molecule has 2 N–H and O–H groups in total. The number of aromatic nitrogens is 1. The van der Waals surface area contributed by atoms with E-state index in [1.165, 1.54) is 6.92 Å². The molecule has 0 aromatic carbocycles. The summed E-state index contributed by atoms with van der Waals surface area (Å²) in [4.78, 5) is 3.59. The highest BCUT2D eigenvalue weighted by Crippen LogP contribution is 2.34. The Bertz CT molecular complexity index is 446. The number of alkyl halides is 3. The molecule has 20 heavy (non-hydrogen) atoms. The van der Waals surface area contributed by atoms with Gasteiger partial charge in [0.25, 0.3) is 0 Å². The van der Waals surface area contributed by atoms with Crippen molar-refractivity contribution >= 4 is 11.4 Å². The molecule has 0 bridgehead atoms. The second kappa shape index (κ2) is 7.25. The zero-order valence-electron chi connectivity index (χ0n) is 11.2. The van der Waals surface area contributed by atoms with Crippen LogP contribution in [-0.4, -0.2) is 31.4 Å². The van der Waals surface area contributed by atoms with Crippen molar-refractivity contribution in [1.29, 1.82) is 0 Å². The van der Waals surface area contributed by atoms with Crippen LogP contribution in [0.3, 0.4) is 0 Å². The lowest BCUT2D eigenvalue weighted by Crippen LogP contribution is -2.16. The van der Waals surface area contributed by atoms with Crippen LogP contribution in [0.25, 0.3) is 5.57 Å². The van der Waals surface area contributed by atoms with Gasteiger partial charge in [-0.15, -0.1) is 0 Å². The molecular weight excluding hydrogens is 273 g/mol. The fraction of sp³-hybridized carbons (Fsp3) is 0.462. The number of nitrogen functional groups attached to an aromatic ring is 1. The third kappa shape index (κ3) is 5.18. The Morgan fingerprint density at radius 3 is 2.10 bits per heavy atom. The molecule has 2 rings (SSSR count). The van der Waals surface area contributed by atoms with Gasteiger partial charge in [0.15, 0.2) is 0 Å². The van der Waals surface area contributed by atoms with Crippen molar-refractivity contribution in [1.82, 2.24) is 4.98 Å². The summed E-state index contributed by atoms with van der Waals surface area (Å²) in [5.74, 6) is -0.151. The van der Waals surface area contributed by atoms with Crippen molar-refractivity contribution in [3.63, 3.8) is 0 Å². The predicted octanol–water partition coefficient (Wildman–Crippen LogP) is 2.75. The molecule has 1 aliphatic rings. The Morgan fingerprint density at radius 1 is 1.25 bits per heavy atom. The van der Waals surface area contributed by atoms with Crippen LogP contribution in [0.15, 0.2) is 18.8 Å². The molecule has 7 heteroatoms. The number of nitrogens with zero attached hydrogens (tertiary/aromatic N) is 1. The van der Waals surface area contributed by atoms with Crippen LogP contribution in [0.2, 0.25) is 0 Å². The van der Waals surface area contributed by atoms with Gasteiger partial charge in [0.05, 0.1) is 32.0 Å². The molecule has 0 unspecified atom stereocenters. The monoisotopic (exact) mass is 290 g/mol.